The minimum Gasteiger partial charge on any atom is -0.394 e. The molecule has 1 aliphatic heterocycles. The number of aliphatic hydroxyl groups is 1. The number of piperidine rings is 1. The lowest BCUT2D eigenvalue weighted by atomic mass is 10.1. The molecule has 0 aromatic heterocycles. The van der Waals surface area contributed by atoms with Gasteiger partial charge in [-0.05, 0) is 11.8 Å². The smallest absolute Gasteiger partial charge is 0.233 e. The minimum atomic E-state index is -0.127. The van der Waals surface area contributed by atoms with Gasteiger partial charge < -0.3 is 9.84 Å². The van der Waals surface area contributed by atoms with E-state index >= 15 is 0 Å². The van der Waals surface area contributed by atoms with Crippen LogP contribution < -0.4 is 0 Å². The van der Waals surface area contributed by atoms with Gasteiger partial charge in [0.2, 0.25) is 11.8 Å². The molecule has 2 unspecified atom stereocenters. The average Bonchev–Trinajstić information content (AvgIpc) is 2.74. The number of nitrogens with zero attached hydrogens (tertiary/aromatic N) is 1. The Balaban J connectivity index is 1.77. The van der Waals surface area contributed by atoms with Crippen LogP contribution in [0.5, 0.6) is 0 Å². The van der Waals surface area contributed by atoms with Crippen LogP contribution in [0.3, 0.4) is 0 Å². The number of hydrogen-bond acceptors (Lipinski definition) is 4. The summed E-state index contributed by atoms with van der Waals surface area (Å²) in [4.78, 5) is 25.2. The Morgan fingerprint density at radius 3 is 2.35 bits per heavy atom. The van der Waals surface area contributed by atoms with Crippen LogP contribution in [0.1, 0.15) is 20.3 Å². The number of hydrogen-bond donors (Lipinski definition) is 1. The SMILES string of the molecule is CC1(C)C2C(=O)N(CCCOCCO)C(=O)C21. The first kappa shape index (κ1) is 12.5. The summed E-state index contributed by atoms with van der Waals surface area (Å²) in [5, 5.41) is 8.52. The van der Waals surface area contributed by atoms with Crippen LogP contribution in [0.25, 0.3) is 0 Å². The van der Waals surface area contributed by atoms with Crippen LogP contribution in [-0.4, -0.2) is 48.2 Å². The highest BCUT2D eigenvalue weighted by molar-refractivity contribution is 6.10. The van der Waals surface area contributed by atoms with Crippen LogP contribution in [0.2, 0.25) is 0 Å². The predicted molar refractivity (Wildman–Crippen MR) is 60.0 cm³/mol. The van der Waals surface area contributed by atoms with Crippen molar-refractivity contribution in [2.75, 3.05) is 26.4 Å². The second kappa shape index (κ2) is 4.38. The highest BCUT2D eigenvalue weighted by Gasteiger charge is 2.72. The van der Waals surface area contributed by atoms with Crippen LogP contribution in [0, 0.1) is 17.3 Å². The number of imide groups is 1. The monoisotopic (exact) mass is 241 g/mol. The fourth-order valence-electron chi connectivity index (χ4n) is 2.72. The minimum absolute atomic E-state index is 0.0000863. The molecule has 0 bridgehead atoms. The number of aliphatic hydroxyl groups excluding tert-OH is 1. The molecular weight excluding hydrogens is 222 g/mol. The van der Waals surface area contributed by atoms with E-state index in [0.717, 1.165) is 0 Å². The molecule has 5 heteroatoms. The largest absolute Gasteiger partial charge is 0.394 e. The van der Waals surface area contributed by atoms with Crippen molar-refractivity contribution < 1.29 is 19.4 Å². The molecule has 2 amide bonds. The molecule has 17 heavy (non-hydrogen) atoms. The van der Waals surface area contributed by atoms with E-state index in [0.29, 0.717) is 26.2 Å². The van der Waals surface area contributed by atoms with Gasteiger partial charge in [-0.1, -0.05) is 13.8 Å². The van der Waals surface area contributed by atoms with Gasteiger partial charge in [-0.2, -0.15) is 0 Å². The number of fused-ring (bicyclic) bond motifs is 1. The Morgan fingerprint density at radius 2 is 1.82 bits per heavy atom. The van der Waals surface area contributed by atoms with Gasteiger partial charge in [-0.25, -0.2) is 0 Å². The van der Waals surface area contributed by atoms with Crippen molar-refractivity contribution in [1.29, 1.82) is 0 Å². The second-order valence-corrected chi connectivity index (χ2v) is 5.29. The molecule has 0 aromatic carbocycles. The molecule has 2 rings (SSSR count). The second-order valence-electron chi connectivity index (χ2n) is 5.29. The fourth-order valence-corrected chi connectivity index (χ4v) is 2.72. The summed E-state index contributed by atoms with van der Waals surface area (Å²) in [5.41, 5.74) is -0.127. The molecule has 2 fully saturated rings. The third kappa shape index (κ3) is 1.98. The maximum Gasteiger partial charge on any atom is 0.233 e. The lowest BCUT2D eigenvalue weighted by Crippen LogP contribution is -2.37. The zero-order valence-electron chi connectivity index (χ0n) is 10.3. The van der Waals surface area contributed by atoms with E-state index in [9.17, 15) is 9.59 Å². The molecular formula is C12H19NO4. The summed E-state index contributed by atoms with van der Waals surface area (Å²) in [6.45, 7) is 5.16. The van der Waals surface area contributed by atoms with E-state index in [1.807, 2.05) is 13.8 Å². The van der Waals surface area contributed by atoms with Gasteiger partial charge in [0, 0.05) is 13.2 Å². The topological polar surface area (TPSA) is 66.8 Å². The Kier molecular flexibility index (Phi) is 3.23. The number of amides is 2. The molecule has 0 radical (unpaired) electrons. The summed E-state index contributed by atoms with van der Waals surface area (Å²) < 4.78 is 5.09. The third-order valence-electron chi connectivity index (χ3n) is 3.80. The summed E-state index contributed by atoms with van der Waals surface area (Å²) in [7, 11) is 0. The third-order valence-corrected chi connectivity index (χ3v) is 3.80. The average molecular weight is 241 g/mol. The Bertz CT molecular complexity index is 315. The number of ether oxygens (including phenoxy) is 1. The Hall–Kier alpha value is -0.940. The zero-order valence-corrected chi connectivity index (χ0v) is 10.3. The van der Waals surface area contributed by atoms with Crippen molar-refractivity contribution in [3.8, 4) is 0 Å². The summed E-state index contributed by atoms with van der Waals surface area (Å²) in [6, 6.07) is 0. The fraction of sp³-hybridized carbons (Fsp3) is 0.833. The first-order valence-corrected chi connectivity index (χ1v) is 6.05. The summed E-state index contributed by atoms with van der Waals surface area (Å²) >= 11 is 0. The molecule has 2 atom stereocenters. The first-order valence-electron chi connectivity index (χ1n) is 6.05. The molecule has 1 saturated heterocycles. The van der Waals surface area contributed by atoms with E-state index < -0.39 is 0 Å². The molecule has 1 saturated carbocycles. The van der Waals surface area contributed by atoms with Crippen molar-refractivity contribution in [2.45, 2.75) is 20.3 Å². The van der Waals surface area contributed by atoms with Gasteiger partial charge in [-0.15, -0.1) is 0 Å². The van der Waals surface area contributed by atoms with Crippen molar-refractivity contribution in [2.24, 2.45) is 17.3 Å². The highest BCUT2D eigenvalue weighted by Crippen LogP contribution is 2.63. The highest BCUT2D eigenvalue weighted by atomic mass is 16.5. The van der Waals surface area contributed by atoms with E-state index in [1.54, 1.807) is 0 Å². The van der Waals surface area contributed by atoms with E-state index in [1.165, 1.54) is 4.90 Å². The van der Waals surface area contributed by atoms with Crippen molar-refractivity contribution in [3.63, 3.8) is 0 Å². The standard InChI is InChI=1S/C12H19NO4/c1-12(2)8-9(12)11(16)13(10(8)15)4-3-6-17-7-5-14/h8-9,14H,3-7H2,1-2H3. The van der Waals surface area contributed by atoms with Crippen LogP contribution in [0.15, 0.2) is 0 Å². The van der Waals surface area contributed by atoms with E-state index in [2.05, 4.69) is 0 Å². The first-order chi connectivity index (χ1) is 8.01. The Labute approximate surface area is 101 Å². The van der Waals surface area contributed by atoms with Gasteiger partial charge in [0.1, 0.15) is 0 Å². The normalized spacial score (nSPS) is 29.7. The maximum atomic E-state index is 11.9. The van der Waals surface area contributed by atoms with Gasteiger partial charge in [-0.3, -0.25) is 14.5 Å². The number of rotatable bonds is 6. The molecule has 1 aliphatic carbocycles. The van der Waals surface area contributed by atoms with E-state index in [4.69, 9.17) is 9.84 Å². The number of likely N-dealkylation sites (tertiary alicyclic amines) is 1. The van der Waals surface area contributed by atoms with Crippen molar-refractivity contribution >= 4 is 11.8 Å². The molecule has 5 nitrogen and oxygen atoms in total. The quantitative estimate of drug-likeness (QED) is 0.526. The van der Waals surface area contributed by atoms with Crippen molar-refractivity contribution in [1.82, 2.24) is 4.90 Å². The number of carbonyl (C=O) groups excluding carboxylic acids is 2. The van der Waals surface area contributed by atoms with Gasteiger partial charge in [0.05, 0.1) is 25.0 Å². The molecule has 1 N–H and O–H groups in total. The summed E-state index contributed by atoms with van der Waals surface area (Å²) in [6.07, 6.45) is 0.636. The molecule has 2 aliphatic rings. The summed E-state index contributed by atoms with van der Waals surface area (Å²) in [5.74, 6) is -0.221. The Morgan fingerprint density at radius 1 is 1.24 bits per heavy atom. The van der Waals surface area contributed by atoms with Crippen LogP contribution in [0.4, 0.5) is 0 Å². The van der Waals surface area contributed by atoms with Gasteiger partial charge in [0.15, 0.2) is 0 Å². The maximum absolute atomic E-state index is 11.9. The number of carbonyl (C=O) groups is 2. The lowest BCUT2D eigenvalue weighted by molar-refractivity contribution is -0.143. The van der Waals surface area contributed by atoms with E-state index in [-0.39, 0.29) is 35.7 Å². The predicted octanol–water partition coefficient (Wildman–Crippen LogP) is 0.0264. The van der Waals surface area contributed by atoms with Gasteiger partial charge in [0.25, 0.3) is 0 Å². The van der Waals surface area contributed by atoms with Crippen molar-refractivity contribution in [3.05, 3.63) is 0 Å². The van der Waals surface area contributed by atoms with Crippen LogP contribution in [-0.2, 0) is 14.3 Å². The molecule has 1 heterocycles. The zero-order chi connectivity index (χ0) is 12.6. The molecule has 0 spiro atoms. The van der Waals surface area contributed by atoms with Crippen LogP contribution >= 0.6 is 0 Å². The molecule has 0 aromatic rings. The lowest BCUT2D eigenvalue weighted by Gasteiger charge is -2.20. The van der Waals surface area contributed by atoms with Gasteiger partial charge >= 0.3 is 0 Å². The molecule has 96 valence electrons.